The summed E-state index contributed by atoms with van der Waals surface area (Å²) in [5, 5.41) is 4.64. The standard InChI is InChI=1S/C23H27N3OS/c1-17-8-9-21(14-18(17)2)22-24-26(23(28)27-22)16-25-12-10-20(11-13-25)15-19-6-4-3-5-7-19/h3-9,14,20H,10-13,15-16H2,1-2H3. The predicted molar refractivity (Wildman–Crippen MR) is 115 cm³/mol. The Morgan fingerprint density at radius 1 is 1.04 bits per heavy atom. The van der Waals surface area contributed by atoms with E-state index in [1.54, 1.807) is 0 Å². The smallest absolute Gasteiger partial charge is 0.288 e. The molecule has 4 nitrogen and oxygen atoms in total. The highest BCUT2D eigenvalue weighted by molar-refractivity contribution is 7.71. The fourth-order valence-corrected chi connectivity index (χ4v) is 4.03. The van der Waals surface area contributed by atoms with Crippen LogP contribution >= 0.6 is 12.2 Å². The summed E-state index contributed by atoms with van der Waals surface area (Å²) in [5.41, 5.74) is 4.92. The fraction of sp³-hybridized carbons (Fsp3) is 0.391. The lowest BCUT2D eigenvalue weighted by atomic mass is 9.90. The Hall–Kier alpha value is -2.24. The summed E-state index contributed by atoms with van der Waals surface area (Å²) in [4.78, 5) is 2.86. The number of piperidine rings is 1. The van der Waals surface area contributed by atoms with E-state index in [1.807, 2.05) is 10.7 Å². The summed E-state index contributed by atoms with van der Waals surface area (Å²) in [7, 11) is 0. The van der Waals surface area contributed by atoms with Gasteiger partial charge in [0.05, 0.1) is 6.67 Å². The van der Waals surface area contributed by atoms with Gasteiger partial charge in [0.15, 0.2) is 0 Å². The van der Waals surface area contributed by atoms with Gasteiger partial charge in [0.2, 0.25) is 5.89 Å². The molecule has 1 fully saturated rings. The van der Waals surface area contributed by atoms with E-state index in [2.05, 4.69) is 66.3 Å². The van der Waals surface area contributed by atoms with Crippen LogP contribution in [-0.2, 0) is 13.1 Å². The molecule has 0 amide bonds. The fourth-order valence-electron chi connectivity index (χ4n) is 3.86. The highest BCUT2D eigenvalue weighted by atomic mass is 32.1. The number of nitrogens with zero attached hydrogens (tertiary/aromatic N) is 3. The second kappa shape index (κ2) is 8.41. The van der Waals surface area contributed by atoms with Crippen LogP contribution < -0.4 is 0 Å². The van der Waals surface area contributed by atoms with Gasteiger partial charge in [-0.2, -0.15) is 0 Å². The minimum atomic E-state index is 0.444. The van der Waals surface area contributed by atoms with Gasteiger partial charge >= 0.3 is 0 Å². The maximum absolute atomic E-state index is 5.78. The molecule has 5 heteroatoms. The van der Waals surface area contributed by atoms with E-state index < -0.39 is 0 Å². The molecule has 3 aromatic rings. The molecule has 0 unspecified atom stereocenters. The molecule has 2 aromatic carbocycles. The first-order valence-electron chi connectivity index (χ1n) is 10.0. The molecule has 1 aliphatic rings. The zero-order valence-corrected chi connectivity index (χ0v) is 17.4. The van der Waals surface area contributed by atoms with Crippen LogP contribution in [0.3, 0.4) is 0 Å². The molecule has 1 saturated heterocycles. The van der Waals surface area contributed by atoms with Crippen molar-refractivity contribution in [3.05, 3.63) is 70.1 Å². The molecule has 4 rings (SSSR count). The Morgan fingerprint density at radius 3 is 2.50 bits per heavy atom. The molecular formula is C23H27N3OS. The Labute approximate surface area is 171 Å². The van der Waals surface area contributed by atoms with Crippen LogP contribution in [0.25, 0.3) is 11.5 Å². The molecule has 0 spiro atoms. The van der Waals surface area contributed by atoms with E-state index in [-0.39, 0.29) is 0 Å². The van der Waals surface area contributed by atoms with Crippen molar-refractivity contribution in [2.24, 2.45) is 5.92 Å². The molecule has 1 aromatic heterocycles. The van der Waals surface area contributed by atoms with Gasteiger partial charge in [-0.25, -0.2) is 4.68 Å². The van der Waals surface area contributed by atoms with Crippen LogP contribution in [0.4, 0.5) is 0 Å². The van der Waals surface area contributed by atoms with Crippen molar-refractivity contribution >= 4 is 12.2 Å². The number of likely N-dealkylation sites (tertiary alicyclic amines) is 1. The highest BCUT2D eigenvalue weighted by Crippen LogP contribution is 2.24. The predicted octanol–water partition coefficient (Wildman–Crippen LogP) is 5.40. The van der Waals surface area contributed by atoms with Crippen molar-refractivity contribution < 1.29 is 4.42 Å². The molecule has 0 N–H and O–H groups in total. The van der Waals surface area contributed by atoms with Crippen molar-refractivity contribution in [1.29, 1.82) is 0 Å². The normalized spacial score (nSPS) is 15.8. The minimum absolute atomic E-state index is 0.444. The topological polar surface area (TPSA) is 34.2 Å². The summed E-state index contributed by atoms with van der Waals surface area (Å²) >= 11 is 5.42. The van der Waals surface area contributed by atoms with Crippen molar-refractivity contribution in [2.75, 3.05) is 13.1 Å². The Balaban J connectivity index is 1.37. The number of hydrogen-bond acceptors (Lipinski definition) is 4. The molecule has 0 aliphatic carbocycles. The van der Waals surface area contributed by atoms with Crippen LogP contribution in [0.2, 0.25) is 0 Å². The number of aryl methyl sites for hydroxylation is 2. The van der Waals surface area contributed by atoms with Crippen molar-refractivity contribution in [3.63, 3.8) is 0 Å². The number of rotatable bonds is 5. The Bertz CT molecular complexity index is 985. The van der Waals surface area contributed by atoms with E-state index in [0.717, 1.165) is 24.6 Å². The number of benzene rings is 2. The van der Waals surface area contributed by atoms with E-state index in [0.29, 0.717) is 17.4 Å². The van der Waals surface area contributed by atoms with Gasteiger partial charge in [-0.15, -0.1) is 5.10 Å². The summed E-state index contributed by atoms with van der Waals surface area (Å²) in [6, 6.07) is 17.1. The van der Waals surface area contributed by atoms with Crippen LogP contribution in [0.5, 0.6) is 0 Å². The lowest BCUT2D eigenvalue weighted by Gasteiger charge is -2.31. The third kappa shape index (κ3) is 4.42. The van der Waals surface area contributed by atoms with Gasteiger partial charge in [0, 0.05) is 18.7 Å². The second-order valence-electron chi connectivity index (χ2n) is 7.86. The third-order valence-electron chi connectivity index (χ3n) is 5.77. The van der Waals surface area contributed by atoms with E-state index in [4.69, 9.17) is 16.6 Å². The van der Waals surface area contributed by atoms with Crippen LogP contribution in [0.15, 0.2) is 52.9 Å². The molecule has 28 heavy (non-hydrogen) atoms. The SMILES string of the molecule is Cc1ccc(-c2nn(CN3CCC(Cc4ccccc4)CC3)c(=S)o2)cc1C. The Morgan fingerprint density at radius 2 is 1.79 bits per heavy atom. The van der Waals surface area contributed by atoms with Gasteiger partial charge in [-0.1, -0.05) is 36.4 Å². The summed E-state index contributed by atoms with van der Waals surface area (Å²) in [6.45, 7) is 7.06. The summed E-state index contributed by atoms with van der Waals surface area (Å²) in [6.07, 6.45) is 3.60. The van der Waals surface area contributed by atoms with Crippen molar-refractivity contribution in [2.45, 2.75) is 39.8 Å². The highest BCUT2D eigenvalue weighted by Gasteiger charge is 2.20. The van der Waals surface area contributed by atoms with Gasteiger partial charge in [0.25, 0.3) is 4.84 Å². The monoisotopic (exact) mass is 393 g/mol. The maximum Gasteiger partial charge on any atom is 0.288 e. The largest absolute Gasteiger partial charge is 0.409 e. The van der Waals surface area contributed by atoms with Crippen LogP contribution in [0, 0.1) is 24.6 Å². The van der Waals surface area contributed by atoms with Crippen molar-refractivity contribution in [1.82, 2.24) is 14.7 Å². The van der Waals surface area contributed by atoms with Gasteiger partial charge in [-0.3, -0.25) is 4.90 Å². The molecule has 1 aliphatic heterocycles. The summed E-state index contributed by atoms with van der Waals surface area (Å²) in [5.74, 6) is 1.36. The molecule has 2 heterocycles. The maximum atomic E-state index is 5.78. The van der Waals surface area contributed by atoms with E-state index >= 15 is 0 Å². The minimum Gasteiger partial charge on any atom is -0.409 e. The molecular weight excluding hydrogens is 366 g/mol. The lowest BCUT2D eigenvalue weighted by molar-refractivity contribution is 0.138. The molecule has 146 valence electrons. The lowest BCUT2D eigenvalue weighted by Crippen LogP contribution is -2.36. The van der Waals surface area contributed by atoms with Crippen molar-refractivity contribution in [3.8, 4) is 11.5 Å². The van der Waals surface area contributed by atoms with Gasteiger partial charge in [0.1, 0.15) is 0 Å². The Kier molecular flexibility index (Phi) is 5.74. The first-order valence-corrected chi connectivity index (χ1v) is 10.4. The average Bonchev–Trinajstić information content (AvgIpc) is 3.07. The van der Waals surface area contributed by atoms with Crippen LogP contribution in [0.1, 0.15) is 29.5 Å². The summed E-state index contributed by atoms with van der Waals surface area (Å²) < 4.78 is 7.59. The molecule has 0 bridgehead atoms. The average molecular weight is 394 g/mol. The third-order valence-corrected chi connectivity index (χ3v) is 6.06. The quantitative estimate of drug-likeness (QED) is 0.544. The van der Waals surface area contributed by atoms with Gasteiger partial charge < -0.3 is 4.42 Å². The van der Waals surface area contributed by atoms with E-state index in [9.17, 15) is 0 Å². The molecule has 0 radical (unpaired) electrons. The zero-order chi connectivity index (χ0) is 19.5. The zero-order valence-electron chi connectivity index (χ0n) is 16.6. The first-order chi connectivity index (χ1) is 13.6. The number of hydrogen-bond donors (Lipinski definition) is 0. The molecule has 0 saturated carbocycles. The van der Waals surface area contributed by atoms with E-state index in [1.165, 1.54) is 36.0 Å². The van der Waals surface area contributed by atoms with Gasteiger partial charge in [-0.05, 0) is 80.1 Å². The molecule has 0 atom stereocenters. The number of aromatic nitrogens is 2. The van der Waals surface area contributed by atoms with Crippen LogP contribution in [-0.4, -0.2) is 27.8 Å². The first kappa shape index (κ1) is 19.1. The second-order valence-corrected chi connectivity index (χ2v) is 8.21.